The Kier molecular flexibility index (Phi) is 3.34. The highest BCUT2D eigenvalue weighted by atomic mass is 35.5. The normalized spacial score (nSPS) is 19.9. The Balaban J connectivity index is 2.20. The van der Waals surface area contributed by atoms with Crippen molar-refractivity contribution in [1.29, 1.82) is 0 Å². The van der Waals surface area contributed by atoms with Crippen LogP contribution >= 0.6 is 11.6 Å². The van der Waals surface area contributed by atoms with Crippen LogP contribution in [0.5, 0.6) is 5.75 Å². The monoisotopic (exact) mass is 239 g/mol. The third-order valence-electron chi connectivity index (χ3n) is 2.76. The van der Waals surface area contributed by atoms with E-state index in [0.29, 0.717) is 17.9 Å². The zero-order valence-corrected chi connectivity index (χ0v) is 9.91. The molecule has 1 heterocycles. The smallest absolute Gasteiger partial charge is 0.257 e. The molecule has 1 aliphatic rings. The van der Waals surface area contributed by atoms with Gasteiger partial charge in [-0.2, -0.15) is 0 Å². The fourth-order valence-corrected chi connectivity index (χ4v) is 2.16. The fourth-order valence-electron chi connectivity index (χ4n) is 1.89. The van der Waals surface area contributed by atoms with Crippen molar-refractivity contribution in [1.82, 2.24) is 4.90 Å². The molecule has 1 amide bonds. The Bertz CT molecular complexity index is 394. The van der Waals surface area contributed by atoms with Crippen molar-refractivity contribution < 1.29 is 9.53 Å². The zero-order chi connectivity index (χ0) is 11.5. The molecule has 0 saturated carbocycles. The first-order valence-corrected chi connectivity index (χ1v) is 5.72. The number of benzene rings is 1. The van der Waals surface area contributed by atoms with Crippen molar-refractivity contribution in [3.05, 3.63) is 29.8 Å². The van der Waals surface area contributed by atoms with Crippen molar-refractivity contribution in [2.75, 3.05) is 20.2 Å². The first kappa shape index (κ1) is 11.3. The van der Waals surface area contributed by atoms with Crippen LogP contribution in [0.3, 0.4) is 0 Å². The Morgan fingerprint density at radius 2 is 2.25 bits per heavy atom. The van der Waals surface area contributed by atoms with Crippen LogP contribution in [0.4, 0.5) is 0 Å². The van der Waals surface area contributed by atoms with Crippen LogP contribution in [0.15, 0.2) is 24.3 Å². The summed E-state index contributed by atoms with van der Waals surface area (Å²) in [6.07, 6.45) is 0.864. The van der Waals surface area contributed by atoms with Gasteiger partial charge in [-0.25, -0.2) is 0 Å². The van der Waals surface area contributed by atoms with E-state index in [1.165, 1.54) is 0 Å². The second-order valence-electron chi connectivity index (χ2n) is 3.84. The van der Waals surface area contributed by atoms with E-state index in [2.05, 4.69) is 0 Å². The van der Waals surface area contributed by atoms with E-state index in [4.69, 9.17) is 16.3 Å². The minimum atomic E-state index is 0.000556. The molecule has 2 rings (SSSR count). The highest BCUT2D eigenvalue weighted by Gasteiger charge is 2.26. The summed E-state index contributed by atoms with van der Waals surface area (Å²) in [6.45, 7) is 1.35. The number of alkyl halides is 1. The summed E-state index contributed by atoms with van der Waals surface area (Å²) in [5.74, 6) is 0.617. The molecule has 1 aliphatic heterocycles. The summed E-state index contributed by atoms with van der Waals surface area (Å²) < 4.78 is 5.17. The van der Waals surface area contributed by atoms with Crippen LogP contribution in [-0.2, 0) is 0 Å². The van der Waals surface area contributed by atoms with E-state index in [1.54, 1.807) is 24.1 Å². The van der Waals surface area contributed by atoms with E-state index >= 15 is 0 Å². The lowest BCUT2D eigenvalue weighted by atomic mass is 10.2. The Hall–Kier alpha value is -1.22. The SMILES string of the molecule is COc1ccccc1C(=O)N1CCC(Cl)C1. The summed E-state index contributed by atoms with van der Waals surface area (Å²) in [7, 11) is 1.57. The minimum Gasteiger partial charge on any atom is -0.496 e. The molecular weight excluding hydrogens is 226 g/mol. The first-order valence-electron chi connectivity index (χ1n) is 5.28. The molecule has 0 bridgehead atoms. The fraction of sp³-hybridized carbons (Fsp3) is 0.417. The van der Waals surface area contributed by atoms with E-state index in [0.717, 1.165) is 13.0 Å². The number of halogens is 1. The highest BCUT2D eigenvalue weighted by Crippen LogP contribution is 2.23. The average Bonchev–Trinajstić information content (AvgIpc) is 2.75. The van der Waals surface area contributed by atoms with Crippen LogP contribution in [0.25, 0.3) is 0 Å². The maximum atomic E-state index is 12.2. The lowest BCUT2D eigenvalue weighted by Gasteiger charge is -2.17. The lowest BCUT2D eigenvalue weighted by Crippen LogP contribution is -2.29. The van der Waals surface area contributed by atoms with Crippen molar-refractivity contribution in [2.24, 2.45) is 0 Å². The Morgan fingerprint density at radius 3 is 2.88 bits per heavy atom. The molecule has 3 nitrogen and oxygen atoms in total. The van der Waals surface area contributed by atoms with Gasteiger partial charge in [-0.05, 0) is 18.6 Å². The molecule has 0 aromatic heterocycles. The number of ether oxygens (including phenoxy) is 1. The van der Waals surface area contributed by atoms with Crippen LogP contribution in [-0.4, -0.2) is 36.4 Å². The van der Waals surface area contributed by atoms with E-state index in [1.807, 2.05) is 12.1 Å². The summed E-state index contributed by atoms with van der Waals surface area (Å²) >= 11 is 5.99. The van der Waals surface area contributed by atoms with Gasteiger partial charge >= 0.3 is 0 Å². The van der Waals surface area contributed by atoms with Gasteiger partial charge in [0.15, 0.2) is 0 Å². The Morgan fingerprint density at radius 1 is 1.50 bits per heavy atom. The molecule has 1 atom stereocenters. The number of hydrogen-bond acceptors (Lipinski definition) is 2. The van der Waals surface area contributed by atoms with Crippen molar-refractivity contribution in [2.45, 2.75) is 11.8 Å². The molecule has 1 aromatic carbocycles. The van der Waals surface area contributed by atoms with E-state index < -0.39 is 0 Å². The molecule has 1 fully saturated rings. The molecule has 0 N–H and O–H groups in total. The van der Waals surface area contributed by atoms with Gasteiger partial charge in [0.2, 0.25) is 0 Å². The van der Waals surface area contributed by atoms with Gasteiger partial charge in [0.1, 0.15) is 5.75 Å². The van der Waals surface area contributed by atoms with Gasteiger partial charge in [0, 0.05) is 13.1 Å². The van der Waals surface area contributed by atoms with Gasteiger partial charge < -0.3 is 9.64 Å². The molecule has 0 spiro atoms. The summed E-state index contributed by atoms with van der Waals surface area (Å²) in [5.41, 5.74) is 0.607. The number of nitrogens with zero attached hydrogens (tertiary/aromatic N) is 1. The molecule has 1 saturated heterocycles. The predicted molar refractivity (Wildman–Crippen MR) is 63.2 cm³/mol. The number of rotatable bonds is 2. The average molecular weight is 240 g/mol. The number of likely N-dealkylation sites (tertiary alicyclic amines) is 1. The molecule has 16 heavy (non-hydrogen) atoms. The second kappa shape index (κ2) is 4.74. The predicted octanol–water partition coefficient (Wildman–Crippen LogP) is 2.15. The number of methoxy groups -OCH3 is 1. The van der Waals surface area contributed by atoms with Gasteiger partial charge in [0.25, 0.3) is 5.91 Å². The van der Waals surface area contributed by atoms with Crippen LogP contribution in [0.2, 0.25) is 0 Å². The van der Waals surface area contributed by atoms with Crippen molar-refractivity contribution >= 4 is 17.5 Å². The molecule has 1 unspecified atom stereocenters. The number of carbonyl (C=O) groups excluding carboxylic acids is 1. The van der Waals surface area contributed by atoms with Gasteiger partial charge in [-0.3, -0.25) is 4.79 Å². The minimum absolute atomic E-state index is 0.000556. The molecule has 0 aliphatic carbocycles. The molecule has 1 aromatic rings. The maximum Gasteiger partial charge on any atom is 0.257 e. The molecule has 86 valence electrons. The van der Waals surface area contributed by atoms with E-state index in [9.17, 15) is 4.79 Å². The number of amides is 1. The van der Waals surface area contributed by atoms with Crippen LogP contribution in [0.1, 0.15) is 16.8 Å². The quantitative estimate of drug-likeness (QED) is 0.741. The maximum absolute atomic E-state index is 12.2. The zero-order valence-electron chi connectivity index (χ0n) is 9.15. The summed E-state index contributed by atoms with van der Waals surface area (Å²) in [5, 5.41) is 0.0821. The van der Waals surface area contributed by atoms with Gasteiger partial charge in [0.05, 0.1) is 18.1 Å². The van der Waals surface area contributed by atoms with Crippen LogP contribution in [0, 0.1) is 0 Å². The summed E-state index contributed by atoms with van der Waals surface area (Å²) in [6, 6.07) is 7.26. The van der Waals surface area contributed by atoms with Gasteiger partial charge in [-0.15, -0.1) is 11.6 Å². The standard InChI is InChI=1S/C12H14ClNO2/c1-16-11-5-3-2-4-10(11)12(15)14-7-6-9(13)8-14/h2-5,9H,6-8H2,1H3. The number of hydrogen-bond donors (Lipinski definition) is 0. The Labute approximate surface area is 100.0 Å². The highest BCUT2D eigenvalue weighted by molar-refractivity contribution is 6.21. The first-order chi connectivity index (χ1) is 7.72. The third-order valence-corrected chi connectivity index (χ3v) is 3.11. The molecule has 4 heteroatoms. The van der Waals surface area contributed by atoms with Crippen molar-refractivity contribution in [3.63, 3.8) is 0 Å². The second-order valence-corrected chi connectivity index (χ2v) is 4.45. The number of para-hydroxylation sites is 1. The van der Waals surface area contributed by atoms with Crippen molar-refractivity contribution in [3.8, 4) is 5.75 Å². The third kappa shape index (κ3) is 2.14. The molecular formula is C12H14ClNO2. The lowest BCUT2D eigenvalue weighted by molar-refractivity contribution is 0.0789. The van der Waals surface area contributed by atoms with Crippen LogP contribution < -0.4 is 4.74 Å². The van der Waals surface area contributed by atoms with Gasteiger partial charge in [-0.1, -0.05) is 12.1 Å². The topological polar surface area (TPSA) is 29.5 Å². The summed E-state index contributed by atoms with van der Waals surface area (Å²) in [4.78, 5) is 13.9. The molecule has 0 radical (unpaired) electrons. The largest absolute Gasteiger partial charge is 0.496 e. The number of carbonyl (C=O) groups is 1. The van der Waals surface area contributed by atoms with E-state index in [-0.39, 0.29) is 11.3 Å².